The van der Waals surface area contributed by atoms with E-state index in [2.05, 4.69) is 29.5 Å². The SMILES string of the molecule is Cc1nn(C[NH+]2CCC[C@@H]2c2cccs2)c(C)c1S(=O)(=O)N1CCC(C)CC1. The lowest BCUT2D eigenvalue weighted by Crippen LogP contribution is -3.09. The number of aryl methyl sites for hydroxylation is 1. The van der Waals surface area contributed by atoms with E-state index >= 15 is 0 Å². The number of likely N-dealkylation sites (tertiary alicyclic amines) is 1. The third-order valence-corrected chi connectivity index (χ3v) is 9.52. The number of sulfonamides is 1. The molecule has 0 bridgehead atoms. The summed E-state index contributed by atoms with van der Waals surface area (Å²) in [6.45, 7) is 9.00. The number of piperidine rings is 1. The molecular weight excluding hydrogens is 392 g/mol. The summed E-state index contributed by atoms with van der Waals surface area (Å²) in [5, 5.41) is 6.80. The van der Waals surface area contributed by atoms with Crippen molar-refractivity contribution in [1.29, 1.82) is 0 Å². The Morgan fingerprint density at radius 1 is 1.25 bits per heavy atom. The molecule has 6 nitrogen and oxygen atoms in total. The van der Waals surface area contributed by atoms with Gasteiger partial charge in [0, 0.05) is 25.9 Å². The van der Waals surface area contributed by atoms with Crippen LogP contribution in [0, 0.1) is 19.8 Å². The molecule has 0 saturated carbocycles. The first kappa shape index (κ1) is 20.1. The van der Waals surface area contributed by atoms with Gasteiger partial charge in [-0.05, 0) is 44.1 Å². The molecule has 2 aliphatic heterocycles. The summed E-state index contributed by atoms with van der Waals surface area (Å²) in [6.07, 6.45) is 4.26. The number of hydrogen-bond acceptors (Lipinski definition) is 4. The fourth-order valence-corrected chi connectivity index (χ4v) is 7.45. The van der Waals surface area contributed by atoms with Crippen LogP contribution in [0.1, 0.15) is 54.9 Å². The molecule has 2 aromatic heterocycles. The number of hydrogen-bond donors (Lipinski definition) is 1. The third-order valence-electron chi connectivity index (χ3n) is 6.38. The van der Waals surface area contributed by atoms with Crippen molar-refractivity contribution in [2.24, 2.45) is 5.92 Å². The highest BCUT2D eigenvalue weighted by atomic mass is 32.2. The van der Waals surface area contributed by atoms with Gasteiger partial charge in [0.1, 0.15) is 10.9 Å². The smallest absolute Gasteiger partial charge is 0.246 e. The van der Waals surface area contributed by atoms with Gasteiger partial charge in [-0.15, -0.1) is 11.3 Å². The second-order valence-corrected chi connectivity index (χ2v) is 11.2. The Morgan fingerprint density at radius 3 is 2.68 bits per heavy atom. The molecule has 1 unspecified atom stereocenters. The molecule has 154 valence electrons. The highest BCUT2D eigenvalue weighted by Gasteiger charge is 2.35. The summed E-state index contributed by atoms with van der Waals surface area (Å²) in [4.78, 5) is 3.32. The average Bonchev–Trinajstić information content (AvgIpc) is 3.37. The lowest BCUT2D eigenvalue weighted by atomic mass is 10.0. The number of aromatic nitrogens is 2. The molecule has 0 amide bonds. The van der Waals surface area contributed by atoms with E-state index in [1.165, 1.54) is 22.6 Å². The second kappa shape index (κ2) is 7.89. The first-order chi connectivity index (χ1) is 13.4. The van der Waals surface area contributed by atoms with Crippen LogP contribution in [0.3, 0.4) is 0 Å². The Balaban J connectivity index is 1.57. The van der Waals surface area contributed by atoms with Crippen molar-refractivity contribution in [3.8, 4) is 0 Å². The molecule has 0 aliphatic carbocycles. The molecule has 2 fully saturated rings. The normalized spacial score (nSPS) is 24.8. The maximum atomic E-state index is 13.3. The van der Waals surface area contributed by atoms with Gasteiger partial charge in [0.25, 0.3) is 0 Å². The first-order valence-electron chi connectivity index (χ1n) is 10.3. The standard InChI is InChI=1S/C20H30N4O2S2/c1-15-8-11-23(12-9-15)28(25,26)20-16(2)21-24(17(20)3)14-22-10-4-6-18(22)19-7-5-13-27-19/h5,7,13,15,18H,4,6,8-12,14H2,1-3H3/p+1/t18-/m1/s1. The molecule has 2 atom stereocenters. The predicted octanol–water partition coefficient (Wildman–Crippen LogP) is 2.36. The zero-order valence-electron chi connectivity index (χ0n) is 17.0. The summed E-state index contributed by atoms with van der Waals surface area (Å²) in [7, 11) is -3.47. The van der Waals surface area contributed by atoms with Crippen LogP contribution in [-0.2, 0) is 16.7 Å². The van der Waals surface area contributed by atoms with Gasteiger partial charge < -0.3 is 4.90 Å². The summed E-state index contributed by atoms with van der Waals surface area (Å²) in [5.41, 5.74) is 1.41. The van der Waals surface area contributed by atoms with Gasteiger partial charge in [0.2, 0.25) is 10.0 Å². The third kappa shape index (κ3) is 3.67. The van der Waals surface area contributed by atoms with E-state index in [0.717, 1.165) is 31.7 Å². The minimum absolute atomic E-state index is 0.424. The summed E-state index contributed by atoms with van der Waals surface area (Å²) in [6, 6.07) is 4.82. The van der Waals surface area contributed by atoms with Crippen molar-refractivity contribution >= 4 is 21.4 Å². The van der Waals surface area contributed by atoms with Crippen LogP contribution in [0.5, 0.6) is 0 Å². The Morgan fingerprint density at radius 2 is 2.00 bits per heavy atom. The molecule has 1 N–H and O–H groups in total. The van der Waals surface area contributed by atoms with E-state index < -0.39 is 10.0 Å². The Kier molecular flexibility index (Phi) is 5.66. The van der Waals surface area contributed by atoms with Crippen molar-refractivity contribution in [2.45, 2.75) is 64.1 Å². The van der Waals surface area contributed by atoms with E-state index in [9.17, 15) is 8.42 Å². The molecule has 4 rings (SSSR count). The molecular formula is C20H31N4O2S2+. The van der Waals surface area contributed by atoms with Crippen molar-refractivity contribution in [1.82, 2.24) is 14.1 Å². The molecule has 0 aromatic carbocycles. The maximum Gasteiger partial charge on any atom is 0.246 e. The predicted molar refractivity (Wildman–Crippen MR) is 111 cm³/mol. The van der Waals surface area contributed by atoms with Crippen molar-refractivity contribution in [3.63, 3.8) is 0 Å². The number of rotatable bonds is 5. The van der Waals surface area contributed by atoms with Crippen LogP contribution < -0.4 is 4.90 Å². The van der Waals surface area contributed by atoms with Crippen LogP contribution in [-0.4, -0.2) is 42.1 Å². The fraction of sp³-hybridized carbons (Fsp3) is 0.650. The van der Waals surface area contributed by atoms with Gasteiger partial charge in [0.15, 0.2) is 6.67 Å². The molecule has 2 aromatic rings. The lowest BCUT2D eigenvalue weighted by molar-refractivity contribution is -0.941. The number of nitrogens with zero attached hydrogens (tertiary/aromatic N) is 3. The highest BCUT2D eigenvalue weighted by Crippen LogP contribution is 2.28. The quantitative estimate of drug-likeness (QED) is 0.803. The van der Waals surface area contributed by atoms with Crippen LogP contribution in [0.15, 0.2) is 22.4 Å². The zero-order valence-corrected chi connectivity index (χ0v) is 18.7. The van der Waals surface area contributed by atoms with Crippen LogP contribution >= 0.6 is 11.3 Å². The first-order valence-corrected chi connectivity index (χ1v) is 12.6. The number of nitrogens with one attached hydrogen (secondary N) is 1. The fourth-order valence-electron chi connectivity index (χ4n) is 4.69. The van der Waals surface area contributed by atoms with Gasteiger partial charge in [-0.3, -0.25) is 0 Å². The molecule has 28 heavy (non-hydrogen) atoms. The maximum absolute atomic E-state index is 13.3. The highest BCUT2D eigenvalue weighted by molar-refractivity contribution is 7.89. The van der Waals surface area contributed by atoms with Gasteiger partial charge in [0.05, 0.1) is 22.8 Å². The molecule has 0 spiro atoms. The van der Waals surface area contributed by atoms with E-state index in [1.54, 1.807) is 4.31 Å². The topological polar surface area (TPSA) is 59.6 Å². The Bertz CT molecular complexity index is 912. The van der Waals surface area contributed by atoms with E-state index in [0.29, 0.717) is 35.6 Å². The Hall–Kier alpha value is -1.22. The molecule has 2 saturated heterocycles. The van der Waals surface area contributed by atoms with Crippen molar-refractivity contribution in [2.75, 3.05) is 19.6 Å². The minimum atomic E-state index is -3.47. The van der Waals surface area contributed by atoms with E-state index in [4.69, 9.17) is 0 Å². The Labute approximate surface area is 172 Å². The average molecular weight is 424 g/mol. The number of quaternary nitrogens is 1. The van der Waals surface area contributed by atoms with Gasteiger partial charge in [-0.1, -0.05) is 13.0 Å². The van der Waals surface area contributed by atoms with E-state index in [1.807, 2.05) is 29.9 Å². The number of thiophene rings is 1. The second-order valence-electron chi connectivity index (χ2n) is 8.36. The molecule has 8 heteroatoms. The van der Waals surface area contributed by atoms with Gasteiger partial charge in [-0.25, -0.2) is 13.1 Å². The minimum Gasteiger partial charge on any atom is -0.310 e. The lowest BCUT2D eigenvalue weighted by Gasteiger charge is -2.29. The van der Waals surface area contributed by atoms with Crippen LogP contribution in [0.25, 0.3) is 0 Å². The van der Waals surface area contributed by atoms with Crippen LogP contribution in [0.2, 0.25) is 0 Å². The van der Waals surface area contributed by atoms with Gasteiger partial charge in [-0.2, -0.15) is 9.40 Å². The summed E-state index contributed by atoms with van der Waals surface area (Å²) >= 11 is 1.82. The largest absolute Gasteiger partial charge is 0.310 e. The van der Waals surface area contributed by atoms with Gasteiger partial charge >= 0.3 is 0 Å². The monoisotopic (exact) mass is 423 g/mol. The zero-order chi connectivity index (χ0) is 19.9. The van der Waals surface area contributed by atoms with Crippen molar-refractivity contribution < 1.29 is 13.3 Å². The molecule has 0 radical (unpaired) electrons. The van der Waals surface area contributed by atoms with Crippen LogP contribution in [0.4, 0.5) is 0 Å². The summed E-state index contributed by atoms with van der Waals surface area (Å²) in [5.74, 6) is 0.601. The molecule has 2 aliphatic rings. The van der Waals surface area contributed by atoms with Crippen molar-refractivity contribution in [3.05, 3.63) is 33.8 Å². The summed E-state index contributed by atoms with van der Waals surface area (Å²) < 4.78 is 30.2. The van der Waals surface area contributed by atoms with E-state index in [-0.39, 0.29) is 0 Å². The molecule has 4 heterocycles.